The highest BCUT2D eigenvalue weighted by Crippen LogP contribution is 2.23. The largest absolute Gasteiger partial charge is 0.496 e. The second kappa shape index (κ2) is 8.71. The van der Waals surface area contributed by atoms with Crippen LogP contribution in [0.25, 0.3) is 0 Å². The standard InChI is InChI=1S/C17H21ClN2O5/c1-24-14-5-4-13(18)7-12(14)8-16(22)25-10-15(21)20-6-2-3-11(9-20)17(19)23/h4-5,7,11H,2-3,6,8-10H2,1H3,(H2,19,23)/t11-/m0/s1. The van der Waals surface area contributed by atoms with E-state index in [4.69, 9.17) is 26.8 Å². The highest BCUT2D eigenvalue weighted by molar-refractivity contribution is 6.30. The Hall–Kier alpha value is -2.28. The van der Waals surface area contributed by atoms with Crippen LogP contribution in [0.1, 0.15) is 18.4 Å². The Bertz CT molecular complexity index is 664. The summed E-state index contributed by atoms with van der Waals surface area (Å²) in [5.41, 5.74) is 5.87. The van der Waals surface area contributed by atoms with Crippen LogP contribution in [0.15, 0.2) is 18.2 Å². The molecule has 1 aliphatic heterocycles. The van der Waals surface area contributed by atoms with Gasteiger partial charge in [-0.2, -0.15) is 0 Å². The molecule has 1 aliphatic rings. The molecule has 1 saturated heterocycles. The molecule has 2 amide bonds. The summed E-state index contributed by atoms with van der Waals surface area (Å²) in [7, 11) is 1.49. The molecule has 2 N–H and O–H groups in total. The van der Waals surface area contributed by atoms with Crippen LogP contribution >= 0.6 is 11.6 Å². The van der Waals surface area contributed by atoms with E-state index in [0.717, 1.165) is 0 Å². The molecule has 7 nitrogen and oxygen atoms in total. The Kier molecular flexibility index (Phi) is 6.64. The number of hydrogen-bond acceptors (Lipinski definition) is 5. The van der Waals surface area contributed by atoms with Crippen LogP contribution in [0.2, 0.25) is 5.02 Å². The van der Waals surface area contributed by atoms with Gasteiger partial charge in [0.15, 0.2) is 6.61 Å². The van der Waals surface area contributed by atoms with Gasteiger partial charge >= 0.3 is 5.97 Å². The zero-order chi connectivity index (χ0) is 18.4. The lowest BCUT2D eigenvalue weighted by Gasteiger charge is -2.31. The summed E-state index contributed by atoms with van der Waals surface area (Å²) >= 11 is 5.92. The minimum atomic E-state index is -0.558. The van der Waals surface area contributed by atoms with Crippen LogP contribution in [-0.2, 0) is 25.5 Å². The molecular formula is C17H21ClN2O5. The molecule has 0 bridgehead atoms. The topological polar surface area (TPSA) is 98.9 Å². The van der Waals surface area contributed by atoms with E-state index in [0.29, 0.717) is 35.7 Å². The third-order valence-corrected chi connectivity index (χ3v) is 4.35. The third kappa shape index (κ3) is 5.35. The Balaban J connectivity index is 1.86. The van der Waals surface area contributed by atoms with Crippen molar-refractivity contribution in [3.8, 4) is 5.75 Å². The minimum absolute atomic E-state index is 0.0546. The molecule has 8 heteroatoms. The maximum atomic E-state index is 12.2. The number of primary amides is 1. The molecule has 2 rings (SSSR count). The van der Waals surface area contributed by atoms with Crippen LogP contribution in [-0.4, -0.2) is 49.5 Å². The maximum Gasteiger partial charge on any atom is 0.310 e. The van der Waals surface area contributed by atoms with Gasteiger partial charge in [-0.25, -0.2) is 0 Å². The molecule has 1 atom stereocenters. The number of amides is 2. The summed E-state index contributed by atoms with van der Waals surface area (Å²) in [5.74, 6) is -1.13. The fourth-order valence-electron chi connectivity index (χ4n) is 2.76. The Morgan fingerprint density at radius 3 is 2.80 bits per heavy atom. The van der Waals surface area contributed by atoms with Crippen molar-refractivity contribution >= 4 is 29.4 Å². The van der Waals surface area contributed by atoms with E-state index < -0.39 is 11.9 Å². The summed E-state index contributed by atoms with van der Waals surface area (Å²) in [5, 5.41) is 0.477. The monoisotopic (exact) mass is 368 g/mol. The third-order valence-electron chi connectivity index (χ3n) is 4.11. The predicted molar refractivity (Wildman–Crippen MR) is 91.2 cm³/mol. The number of esters is 1. The van der Waals surface area contributed by atoms with Gasteiger partial charge in [0.25, 0.3) is 5.91 Å². The molecule has 136 valence electrons. The average Bonchev–Trinajstić information content (AvgIpc) is 2.60. The molecule has 0 aliphatic carbocycles. The molecule has 0 saturated carbocycles. The van der Waals surface area contributed by atoms with Crippen LogP contribution in [0.5, 0.6) is 5.75 Å². The van der Waals surface area contributed by atoms with E-state index in [9.17, 15) is 14.4 Å². The van der Waals surface area contributed by atoms with E-state index in [2.05, 4.69) is 0 Å². The van der Waals surface area contributed by atoms with E-state index in [1.54, 1.807) is 18.2 Å². The summed E-state index contributed by atoms with van der Waals surface area (Å²) in [4.78, 5) is 36.9. The summed E-state index contributed by atoms with van der Waals surface area (Å²) in [6, 6.07) is 4.93. The molecule has 0 aromatic heterocycles. The number of benzene rings is 1. The van der Waals surface area contributed by atoms with Gasteiger partial charge in [0.1, 0.15) is 5.75 Å². The van der Waals surface area contributed by atoms with Crippen LogP contribution in [0.3, 0.4) is 0 Å². The molecule has 1 aromatic rings. The van der Waals surface area contributed by atoms with Crippen molar-refractivity contribution in [3.63, 3.8) is 0 Å². The van der Waals surface area contributed by atoms with Gasteiger partial charge in [-0.3, -0.25) is 14.4 Å². The second-order valence-electron chi connectivity index (χ2n) is 5.87. The zero-order valence-corrected chi connectivity index (χ0v) is 14.8. The smallest absolute Gasteiger partial charge is 0.310 e. The van der Waals surface area contributed by atoms with Crippen LogP contribution in [0, 0.1) is 5.92 Å². The van der Waals surface area contributed by atoms with Crippen molar-refractivity contribution in [2.45, 2.75) is 19.3 Å². The van der Waals surface area contributed by atoms with Gasteiger partial charge in [-0.15, -0.1) is 0 Å². The van der Waals surface area contributed by atoms with E-state index in [1.807, 2.05) is 0 Å². The lowest BCUT2D eigenvalue weighted by atomic mass is 9.97. The normalized spacial score (nSPS) is 17.0. The fourth-order valence-corrected chi connectivity index (χ4v) is 2.96. The number of rotatable bonds is 6. The summed E-state index contributed by atoms with van der Waals surface area (Å²) in [6.07, 6.45) is 1.32. The molecule has 0 spiro atoms. The van der Waals surface area contributed by atoms with Gasteiger partial charge in [0, 0.05) is 23.7 Å². The fraction of sp³-hybridized carbons (Fsp3) is 0.471. The molecule has 1 fully saturated rings. The minimum Gasteiger partial charge on any atom is -0.496 e. The highest BCUT2D eigenvalue weighted by atomic mass is 35.5. The number of piperidine rings is 1. The summed E-state index contributed by atoms with van der Waals surface area (Å²) < 4.78 is 10.2. The predicted octanol–water partition coefficient (Wildman–Crippen LogP) is 1.16. The number of nitrogens with two attached hydrogens (primary N) is 1. The Morgan fingerprint density at radius 2 is 2.12 bits per heavy atom. The van der Waals surface area contributed by atoms with Crippen molar-refractivity contribution in [2.75, 3.05) is 26.8 Å². The molecule has 25 heavy (non-hydrogen) atoms. The van der Waals surface area contributed by atoms with Crippen LogP contribution < -0.4 is 10.5 Å². The molecule has 0 radical (unpaired) electrons. The number of likely N-dealkylation sites (tertiary alicyclic amines) is 1. The number of carbonyl (C=O) groups is 3. The number of methoxy groups -OCH3 is 1. The average molecular weight is 369 g/mol. The van der Waals surface area contributed by atoms with E-state index in [1.165, 1.54) is 12.0 Å². The molecule has 1 aromatic carbocycles. The number of halogens is 1. The van der Waals surface area contributed by atoms with Crippen molar-refractivity contribution in [1.29, 1.82) is 0 Å². The first-order valence-electron chi connectivity index (χ1n) is 7.96. The number of ether oxygens (including phenoxy) is 2. The van der Waals surface area contributed by atoms with E-state index >= 15 is 0 Å². The Labute approximate surface area is 151 Å². The number of carbonyl (C=O) groups excluding carboxylic acids is 3. The van der Waals surface area contributed by atoms with Crippen molar-refractivity contribution < 1.29 is 23.9 Å². The number of hydrogen-bond donors (Lipinski definition) is 1. The van der Waals surface area contributed by atoms with Crippen molar-refractivity contribution in [1.82, 2.24) is 4.90 Å². The quantitative estimate of drug-likeness (QED) is 0.759. The second-order valence-corrected chi connectivity index (χ2v) is 6.31. The highest BCUT2D eigenvalue weighted by Gasteiger charge is 2.27. The first kappa shape index (κ1) is 19.1. The van der Waals surface area contributed by atoms with Crippen molar-refractivity contribution in [3.05, 3.63) is 28.8 Å². The van der Waals surface area contributed by atoms with Crippen molar-refractivity contribution in [2.24, 2.45) is 11.7 Å². The first-order valence-corrected chi connectivity index (χ1v) is 8.33. The van der Waals surface area contributed by atoms with Crippen LogP contribution in [0.4, 0.5) is 0 Å². The lowest BCUT2D eigenvalue weighted by Crippen LogP contribution is -2.45. The number of nitrogens with zero attached hydrogens (tertiary/aromatic N) is 1. The molecule has 1 heterocycles. The van der Waals surface area contributed by atoms with E-state index in [-0.39, 0.29) is 31.4 Å². The zero-order valence-electron chi connectivity index (χ0n) is 14.0. The Morgan fingerprint density at radius 1 is 1.36 bits per heavy atom. The molecule has 0 unspecified atom stereocenters. The van der Waals surface area contributed by atoms with Gasteiger partial charge < -0.3 is 20.1 Å². The SMILES string of the molecule is COc1ccc(Cl)cc1CC(=O)OCC(=O)N1CCC[C@H](C(N)=O)C1. The maximum absolute atomic E-state index is 12.2. The van der Waals surface area contributed by atoms with Gasteiger partial charge in [0.2, 0.25) is 5.91 Å². The first-order chi connectivity index (χ1) is 11.9. The van der Waals surface area contributed by atoms with Gasteiger partial charge in [-0.1, -0.05) is 11.6 Å². The lowest BCUT2D eigenvalue weighted by molar-refractivity contribution is -0.152. The van der Waals surface area contributed by atoms with Gasteiger partial charge in [-0.05, 0) is 31.0 Å². The molecular weight excluding hydrogens is 348 g/mol. The van der Waals surface area contributed by atoms with Gasteiger partial charge in [0.05, 0.1) is 19.4 Å². The summed E-state index contributed by atoms with van der Waals surface area (Å²) in [6.45, 7) is 0.434.